The highest BCUT2D eigenvalue weighted by atomic mass is 16.5. The molecule has 3 rings (SSSR count). The van der Waals surface area contributed by atoms with Gasteiger partial charge in [0.25, 0.3) is 0 Å². The maximum absolute atomic E-state index is 11.9. The van der Waals surface area contributed by atoms with Crippen LogP contribution in [0.4, 0.5) is 5.69 Å². The molecule has 0 saturated carbocycles. The topological polar surface area (TPSA) is 55.6 Å². The summed E-state index contributed by atoms with van der Waals surface area (Å²) in [6.45, 7) is 1.19. The maximum atomic E-state index is 11.9. The molecule has 114 valence electrons. The van der Waals surface area contributed by atoms with Crippen molar-refractivity contribution in [1.82, 2.24) is 0 Å². The van der Waals surface area contributed by atoms with Crippen LogP contribution in [0.2, 0.25) is 0 Å². The summed E-state index contributed by atoms with van der Waals surface area (Å²) in [6.07, 6.45) is 1.28. The van der Waals surface area contributed by atoms with Crippen LogP contribution in [-0.4, -0.2) is 25.1 Å². The van der Waals surface area contributed by atoms with Crippen LogP contribution >= 0.6 is 0 Å². The summed E-state index contributed by atoms with van der Waals surface area (Å²) < 4.78 is 5.80. The predicted molar refractivity (Wildman–Crippen MR) is 87.0 cm³/mol. The summed E-state index contributed by atoms with van der Waals surface area (Å²) in [6, 6.07) is 17.8. The second-order valence-electron chi connectivity index (χ2n) is 5.55. The number of nitrogens with zero attached hydrogens (tertiary/aromatic N) is 1. The Bertz CT molecular complexity index is 643. The minimum absolute atomic E-state index is 0.0739. The van der Waals surface area contributed by atoms with Crippen LogP contribution in [0.15, 0.2) is 54.6 Å². The van der Waals surface area contributed by atoms with E-state index in [4.69, 9.17) is 10.5 Å². The molecular weight excluding hydrogens is 276 g/mol. The summed E-state index contributed by atoms with van der Waals surface area (Å²) in [5.74, 6) is 0.857. The second-order valence-corrected chi connectivity index (χ2v) is 5.55. The standard InChI is InChI=1S/C18H20N2O2/c19-15-11-18(21)20(13-15)16-7-4-8-17(12-16)22-10-9-14-5-2-1-3-6-14/h1-8,12,15H,9-11,13,19H2. The Balaban J connectivity index is 1.61. The van der Waals surface area contributed by atoms with E-state index in [0.717, 1.165) is 17.9 Å². The molecule has 1 aliphatic heterocycles. The summed E-state index contributed by atoms with van der Waals surface area (Å²) in [7, 11) is 0. The zero-order valence-electron chi connectivity index (χ0n) is 12.4. The molecule has 1 fully saturated rings. The van der Waals surface area contributed by atoms with E-state index in [0.29, 0.717) is 19.6 Å². The van der Waals surface area contributed by atoms with Crippen molar-refractivity contribution in [3.63, 3.8) is 0 Å². The first-order valence-corrected chi connectivity index (χ1v) is 7.55. The van der Waals surface area contributed by atoms with Crippen molar-refractivity contribution >= 4 is 11.6 Å². The molecule has 1 unspecified atom stereocenters. The van der Waals surface area contributed by atoms with Gasteiger partial charge >= 0.3 is 0 Å². The van der Waals surface area contributed by atoms with Gasteiger partial charge in [0.2, 0.25) is 5.91 Å². The molecule has 1 amide bonds. The summed E-state index contributed by atoms with van der Waals surface area (Å²) in [4.78, 5) is 13.6. The molecule has 1 heterocycles. The van der Waals surface area contributed by atoms with Gasteiger partial charge in [0.05, 0.1) is 6.61 Å². The number of amides is 1. The molecule has 4 heteroatoms. The van der Waals surface area contributed by atoms with Crippen molar-refractivity contribution in [3.05, 3.63) is 60.2 Å². The van der Waals surface area contributed by atoms with E-state index in [1.54, 1.807) is 4.90 Å². The van der Waals surface area contributed by atoms with Gasteiger partial charge in [-0.05, 0) is 17.7 Å². The molecule has 1 saturated heterocycles. The lowest BCUT2D eigenvalue weighted by atomic mass is 10.2. The number of rotatable bonds is 5. The van der Waals surface area contributed by atoms with Gasteiger partial charge in [-0.2, -0.15) is 0 Å². The van der Waals surface area contributed by atoms with Crippen LogP contribution in [0.1, 0.15) is 12.0 Å². The molecule has 2 N–H and O–H groups in total. The Morgan fingerprint density at radius 1 is 1.14 bits per heavy atom. The Hall–Kier alpha value is -2.33. The van der Waals surface area contributed by atoms with Gasteiger partial charge in [0, 0.05) is 37.2 Å². The van der Waals surface area contributed by atoms with Gasteiger partial charge in [0.15, 0.2) is 0 Å². The minimum Gasteiger partial charge on any atom is -0.493 e. The molecule has 1 aliphatic rings. The van der Waals surface area contributed by atoms with Crippen LogP contribution < -0.4 is 15.4 Å². The highest BCUT2D eigenvalue weighted by Crippen LogP contribution is 2.25. The number of benzene rings is 2. The number of carbonyl (C=O) groups excluding carboxylic acids is 1. The highest BCUT2D eigenvalue weighted by molar-refractivity contribution is 5.96. The summed E-state index contributed by atoms with van der Waals surface area (Å²) in [5.41, 5.74) is 7.95. The van der Waals surface area contributed by atoms with E-state index < -0.39 is 0 Å². The fraction of sp³-hybridized carbons (Fsp3) is 0.278. The van der Waals surface area contributed by atoms with Crippen molar-refractivity contribution in [2.24, 2.45) is 5.73 Å². The van der Waals surface area contributed by atoms with E-state index >= 15 is 0 Å². The minimum atomic E-state index is -0.0739. The molecule has 0 spiro atoms. The number of nitrogens with two attached hydrogens (primary N) is 1. The van der Waals surface area contributed by atoms with Crippen molar-refractivity contribution in [1.29, 1.82) is 0 Å². The lowest BCUT2D eigenvalue weighted by Gasteiger charge is -2.17. The Morgan fingerprint density at radius 3 is 2.68 bits per heavy atom. The first kappa shape index (κ1) is 14.6. The zero-order chi connectivity index (χ0) is 15.4. The van der Waals surface area contributed by atoms with Crippen LogP contribution in [-0.2, 0) is 11.2 Å². The van der Waals surface area contributed by atoms with E-state index in [2.05, 4.69) is 12.1 Å². The molecule has 22 heavy (non-hydrogen) atoms. The second kappa shape index (κ2) is 6.62. The number of ether oxygens (including phenoxy) is 1. The van der Waals surface area contributed by atoms with Gasteiger partial charge in [0.1, 0.15) is 5.75 Å². The molecule has 0 radical (unpaired) electrons. The average Bonchev–Trinajstić information content (AvgIpc) is 2.87. The predicted octanol–water partition coefficient (Wildman–Crippen LogP) is 2.37. The third-order valence-corrected chi connectivity index (χ3v) is 3.79. The maximum Gasteiger partial charge on any atom is 0.228 e. The number of carbonyl (C=O) groups is 1. The summed E-state index contributed by atoms with van der Waals surface area (Å²) in [5, 5.41) is 0. The van der Waals surface area contributed by atoms with E-state index in [-0.39, 0.29) is 11.9 Å². The first-order chi connectivity index (χ1) is 10.7. The highest BCUT2D eigenvalue weighted by Gasteiger charge is 2.28. The van der Waals surface area contributed by atoms with Crippen molar-refractivity contribution in [2.75, 3.05) is 18.1 Å². The molecule has 0 aromatic heterocycles. The molecule has 2 aromatic carbocycles. The fourth-order valence-corrected chi connectivity index (χ4v) is 2.66. The third kappa shape index (κ3) is 3.46. The van der Waals surface area contributed by atoms with Crippen molar-refractivity contribution in [2.45, 2.75) is 18.9 Å². The van der Waals surface area contributed by atoms with Crippen molar-refractivity contribution < 1.29 is 9.53 Å². The van der Waals surface area contributed by atoms with Gasteiger partial charge in [-0.25, -0.2) is 0 Å². The van der Waals surface area contributed by atoms with Gasteiger partial charge < -0.3 is 15.4 Å². The van der Waals surface area contributed by atoms with Crippen LogP contribution in [0.5, 0.6) is 5.75 Å². The normalized spacial score (nSPS) is 17.8. The molecule has 2 aromatic rings. The smallest absolute Gasteiger partial charge is 0.228 e. The molecular formula is C18H20N2O2. The summed E-state index contributed by atoms with van der Waals surface area (Å²) >= 11 is 0. The number of hydrogen-bond donors (Lipinski definition) is 1. The molecule has 4 nitrogen and oxygen atoms in total. The fourth-order valence-electron chi connectivity index (χ4n) is 2.66. The van der Waals surface area contributed by atoms with E-state index in [1.165, 1.54) is 5.56 Å². The monoisotopic (exact) mass is 296 g/mol. The van der Waals surface area contributed by atoms with E-state index in [1.807, 2.05) is 42.5 Å². The molecule has 0 bridgehead atoms. The van der Waals surface area contributed by atoms with Crippen LogP contribution in [0.3, 0.4) is 0 Å². The van der Waals surface area contributed by atoms with Gasteiger partial charge in [-0.15, -0.1) is 0 Å². The van der Waals surface area contributed by atoms with Gasteiger partial charge in [-0.1, -0.05) is 36.4 Å². The quantitative estimate of drug-likeness (QED) is 0.921. The van der Waals surface area contributed by atoms with Gasteiger partial charge in [-0.3, -0.25) is 4.79 Å². The lowest BCUT2D eigenvalue weighted by molar-refractivity contribution is -0.117. The average molecular weight is 296 g/mol. The number of anilines is 1. The lowest BCUT2D eigenvalue weighted by Crippen LogP contribution is -2.27. The number of hydrogen-bond acceptors (Lipinski definition) is 3. The Kier molecular flexibility index (Phi) is 4.39. The SMILES string of the molecule is NC1CC(=O)N(c2cccc(OCCc3ccccc3)c2)C1. The molecule has 1 atom stereocenters. The van der Waals surface area contributed by atoms with E-state index in [9.17, 15) is 4.79 Å². The zero-order valence-corrected chi connectivity index (χ0v) is 12.4. The third-order valence-electron chi connectivity index (χ3n) is 3.79. The van der Waals surface area contributed by atoms with Crippen LogP contribution in [0, 0.1) is 0 Å². The first-order valence-electron chi connectivity index (χ1n) is 7.55. The molecule has 0 aliphatic carbocycles. The largest absolute Gasteiger partial charge is 0.493 e. The Labute approximate surface area is 130 Å². The Morgan fingerprint density at radius 2 is 1.95 bits per heavy atom. The van der Waals surface area contributed by atoms with Crippen molar-refractivity contribution in [3.8, 4) is 5.75 Å². The van der Waals surface area contributed by atoms with Crippen LogP contribution in [0.25, 0.3) is 0 Å².